The normalized spacial score (nSPS) is 19.7. The first-order chi connectivity index (χ1) is 16.4. The number of sulfonamides is 1. The third-order valence-corrected chi connectivity index (χ3v) is 8.47. The molecule has 2 amide bonds. The quantitative estimate of drug-likeness (QED) is 0.545. The van der Waals surface area contributed by atoms with Crippen LogP contribution in [0.2, 0.25) is 0 Å². The van der Waals surface area contributed by atoms with Crippen molar-refractivity contribution in [3.8, 4) is 0 Å². The van der Waals surface area contributed by atoms with Crippen LogP contribution in [0.1, 0.15) is 55.6 Å². The number of anilines is 1. The van der Waals surface area contributed by atoms with Crippen molar-refractivity contribution in [3.05, 3.63) is 65.9 Å². The summed E-state index contributed by atoms with van der Waals surface area (Å²) < 4.78 is 30.0. The van der Waals surface area contributed by atoms with Crippen molar-refractivity contribution in [1.29, 1.82) is 0 Å². The molecule has 0 radical (unpaired) electrons. The maximum absolute atomic E-state index is 13.7. The molecule has 3 aromatic rings. The third-order valence-electron chi connectivity index (χ3n) is 6.89. The van der Waals surface area contributed by atoms with Gasteiger partial charge in [0.2, 0.25) is 11.8 Å². The molecule has 2 heterocycles. The topological polar surface area (TPSA) is 96.4 Å². The fourth-order valence-electron chi connectivity index (χ4n) is 5.32. The minimum Gasteiger partial charge on any atom is -0.279 e. The summed E-state index contributed by atoms with van der Waals surface area (Å²) in [6.45, 7) is 1.71. The van der Waals surface area contributed by atoms with E-state index in [4.69, 9.17) is 0 Å². The van der Waals surface area contributed by atoms with Gasteiger partial charge in [-0.25, -0.2) is 8.42 Å². The summed E-state index contributed by atoms with van der Waals surface area (Å²) in [4.78, 5) is 32.1. The Bertz CT molecular complexity index is 1370. The van der Waals surface area contributed by atoms with E-state index in [2.05, 4.69) is 9.71 Å². The van der Waals surface area contributed by atoms with E-state index in [0.29, 0.717) is 22.3 Å². The summed E-state index contributed by atoms with van der Waals surface area (Å²) in [6.07, 6.45) is 6.36. The summed E-state index contributed by atoms with van der Waals surface area (Å²) >= 11 is 0. The number of nitrogens with zero attached hydrogens (tertiary/aromatic N) is 2. The van der Waals surface area contributed by atoms with Crippen LogP contribution >= 0.6 is 0 Å². The van der Waals surface area contributed by atoms with Crippen molar-refractivity contribution in [2.75, 3.05) is 4.72 Å². The highest BCUT2D eigenvalue weighted by Crippen LogP contribution is 2.38. The van der Waals surface area contributed by atoms with Gasteiger partial charge in [0.15, 0.2) is 0 Å². The van der Waals surface area contributed by atoms with Gasteiger partial charge in [0.25, 0.3) is 10.0 Å². The monoisotopic (exact) mass is 477 g/mol. The zero-order chi connectivity index (χ0) is 23.9. The Labute approximate surface area is 199 Å². The van der Waals surface area contributed by atoms with E-state index in [9.17, 15) is 18.0 Å². The predicted octanol–water partition coefficient (Wildman–Crippen LogP) is 4.52. The number of carbonyl (C=O) groups is 2. The van der Waals surface area contributed by atoms with Gasteiger partial charge in [-0.2, -0.15) is 0 Å². The van der Waals surface area contributed by atoms with Crippen LogP contribution < -0.4 is 4.72 Å². The second kappa shape index (κ2) is 8.83. The molecule has 1 atom stereocenters. The number of hydrogen-bond donors (Lipinski definition) is 1. The molecule has 34 heavy (non-hydrogen) atoms. The van der Waals surface area contributed by atoms with Crippen LogP contribution in [0.5, 0.6) is 0 Å². The van der Waals surface area contributed by atoms with E-state index in [-0.39, 0.29) is 29.2 Å². The molecule has 8 heteroatoms. The van der Waals surface area contributed by atoms with Crippen LogP contribution in [0.15, 0.2) is 59.6 Å². The van der Waals surface area contributed by atoms with Gasteiger partial charge in [-0.15, -0.1) is 0 Å². The summed E-state index contributed by atoms with van der Waals surface area (Å²) in [7, 11) is -4.06. The van der Waals surface area contributed by atoms with Crippen LogP contribution in [0.4, 0.5) is 5.69 Å². The number of amides is 2. The van der Waals surface area contributed by atoms with E-state index in [1.54, 1.807) is 49.5 Å². The lowest BCUT2D eigenvalue weighted by Crippen LogP contribution is -2.41. The number of pyridine rings is 1. The van der Waals surface area contributed by atoms with Gasteiger partial charge in [-0.1, -0.05) is 55.7 Å². The average Bonchev–Trinajstić information content (AvgIpc) is 3.13. The summed E-state index contributed by atoms with van der Waals surface area (Å²) in [5.74, 6) is -1.30. The highest BCUT2D eigenvalue weighted by molar-refractivity contribution is 7.92. The van der Waals surface area contributed by atoms with Gasteiger partial charge in [-0.05, 0) is 43.0 Å². The number of hydrogen-bond acceptors (Lipinski definition) is 5. The van der Waals surface area contributed by atoms with Crippen LogP contribution in [-0.4, -0.2) is 36.2 Å². The maximum atomic E-state index is 13.7. The fourth-order valence-corrected chi connectivity index (χ4v) is 6.88. The van der Waals surface area contributed by atoms with E-state index in [0.717, 1.165) is 37.5 Å². The minimum atomic E-state index is -4.06. The van der Waals surface area contributed by atoms with Gasteiger partial charge in [0.1, 0.15) is 0 Å². The van der Waals surface area contributed by atoms with Crippen molar-refractivity contribution < 1.29 is 18.0 Å². The maximum Gasteiger partial charge on any atom is 0.262 e. The molecule has 1 unspecified atom stereocenters. The van der Waals surface area contributed by atoms with Gasteiger partial charge < -0.3 is 0 Å². The Morgan fingerprint density at radius 1 is 0.971 bits per heavy atom. The summed E-state index contributed by atoms with van der Waals surface area (Å²) in [6, 6.07) is 14.0. The number of rotatable bonds is 5. The molecule has 2 aliphatic rings. The Kier molecular flexibility index (Phi) is 5.85. The zero-order valence-electron chi connectivity index (χ0n) is 19.0. The van der Waals surface area contributed by atoms with Crippen molar-refractivity contribution in [1.82, 2.24) is 9.88 Å². The molecule has 1 aromatic heterocycles. The van der Waals surface area contributed by atoms with Gasteiger partial charge >= 0.3 is 0 Å². The first-order valence-corrected chi connectivity index (χ1v) is 13.2. The molecule has 5 rings (SSSR count). The molecule has 176 valence electrons. The highest BCUT2D eigenvalue weighted by atomic mass is 32.2. The second-order valence-electron chi connectivity index (χ2n) is 9.13. The molecule has 2 fully saturated rings. The molecular weight excluding hydrogens is 450 g/mol. The van der Waals surface area contributed by atoms with Crippen molar-refractivity contribution in [3.63, 3.8) is 0 Å². The Balaban J connectivity index is 1.53. The van der Waals surface area contributed by atoms with E-state index >= 15 is 0 Å². The zero-order valence-corrected chi connectivity index (χ0v) is 19.8. The Hall–Kier alpha value is -3.26. The first kappa shape index (κ1) is 22.5. The van der Waals surface area contributed by atoms with E-state index in [1.165, 1.54) is 4.90 Å². The number of para-hydroxylation sites is 1. The molecule has 7 nitrogen and oxygen atoms in total. The number of aryl methyl sites for hydroxylation is 1. The van der Waals surface area contributed by atoms with Gasteiger partial charge in [0, 0.05) is 24.0 Å². The lowest BCUT2D eigenvalue weighted by Gasteiger charge is -2.30. The lowest BCUT2D eigenvalue weighted by molar-refractivity contribution is -0.142. The number of imide groups is 1. The molecular formula is C26H27N3O4S. The molecule has 1 N–H and O–H groups in total. The molecule has 1 saturated heterocycles. The Morgan fingerprint density at radius 3 is 2.50 bits per heavy atom. The number of benzene rings is 2. The Morgan fingerprint density at radius 2 is 1.71 bits per heavy atom. The van der Waals surface area contributed by atoms with Crippen LogP contribution in [0.25, 0.3) is 10.9 Å². The summed E-state index contributed by atoms with van der Waals surface area (Å²) in [5, 5.41) is 0.812. The van der Waals surface area contributed by atoms with Crippen LogP contribution in [0, 0.1) is 6.92 Å². The smallest absolute Gasteiger partial charge is 0.262 e. The summed E-state index contributed by atoms with van der Waals surface area (Å²) in [5.41, 5.74) is 1.80. The van der Waals surface area contributed by atoms with E-state index < -0.39 is 15.9 Å². The predicted molar refractivity (Wildman–Crippen MR) is 130 cm³/mol. The number of fused-ring (bicyclic) bond motifs is 1. The lowest BCUT2D eigenvalue weighted by atomic mass is 9.93. The van der Waals surface area contributed by atoms with Gasteiger partial charge in [-0.3, -0.25) is 24.2 Å². The molecule has 2 aromatic carbocycles. The van der Waals surface area contributed by atoms with E-state index in [1.807, 2.05) is 12.1 Å². The molecule has 1 aliphatic carbocycles. The van der Waals surface area contributed by atoms with Crippen molar-refractivity contribution in [2.45, 2.75) is 62.3 Å². The molecule has 1 saturated carbocycles. The minimum absolute atomic E-state index is 0.00285. The number of aromatic nitrogens is 1. The fraction of sp³-hybridized carbons (Fsp3) is 0.346. The SMILES string of the molecule is Cc1cccc(C2CC(=O)N(C3CCCCC3)C2=O)c1S(=O)(=O)Nc1cccc2cccnc12. The number of likely N-dealkylation sites (tertiary alicyclic amines) is 1. The van der Waals surface area contributed by atoms with Crippen LogP contribution in [-0.2, 0) is 19.6 Å². The highest BCUT2D eigenvalue weighted by Gasteiger charge is 2.45. The molecule has 0 spiro atoms. The standard InChI is InChI=1S/C26H27N3O4S/c1-17-8-5-13-20(21-16-23(30)29(26(21)31)19-11-3-2-4-12-19)25(17)34(32,33)28-22-14-6-9-18-10-7-15-27-24(18)22/h5-10,13-15,19,21,28H,2-4,11-12,16H2,1H3. The number of nitrogens with one attached hydrogen (secondary N) is 1. The van der Waals surface area contributed by atoms with Crippen molar-refractivity contribution >= 4 is 38.4 Å². The van der Waals surface area contributed by atoms with Gasteiger partial charge in [0.05, 0.1) is 22.0 Å². The first-order valence-electron chi connectivity index (χ1n) is 11.7. The average molecular weight is 478 g/mol. The third kappa shape index (κ3) is 3.96. The molecule has 1 aliphatic heterocycles. The number of carbonyl (C=O) groups excluding carboxylic acids is 2. The largest absolute Gasteiger partial charge is 0.279 e. The molecule has 0 bridgehead atoms. The van der Waals surface area contributed by atoms with Crippen molar-refractivity contribution in [2.24, 2.45) is 0 Å². The van der Waals surface area contributed by atoms with Crippen LogP contribution in [0.3, 0.4) is 0 Å². The second-order valence-corrected chi connectivity index (χ2v) is 10.7.